The molecule has 0 bridgehead atoms. The first-order valence-corrected chi connectivity index (χ1v) is 16.5. The number of tetrazole rings is 1. The van der Waals surface area contributed by atoms with Crippen molar-refractivity contribution in [2.45, 2.75) is 95.0 Å². The number of amides is 3. The normalized spacial score (nSPS) is 26.3. The summed E-state index contributed by atoms with van der Waals surface area (Å²) in [5.41, 5.74) is -1.66. The fourth-order valence-corrected chi connectivity index (χ4v) is 6.33. The number of hydrogen-bond donors (Lipinski definition) is 3. The van der Waals surface area contributed by atoms with Crippen molar-refractivity contribution in [1.29, 1.82) is 0 Å². The van der Waals surface area contributed by atoms with Gasteiger partial charge >= 0.3 is 12.1 Å². The van der Waals surface area contributed by atoms with Gasteiger partial charge in [0.15, 0.2) is 0 Å². The van der Waals surface area contributed by atoms with Crippen LogP contribution >= 0.6 is 11.6 Å². The molecule has 2 aromatic rings. The molecule has 1 aliphatic carbocycles. The Morgan fingerprint density at radius 2 is 2.04 bits per heavy atom. The lowest BCUT2D eigenvalue weighted by atomic mass is 10.0. The van der Waals surface area contributed by atoms with E-state index in [1.54, 1.807) is 45.0 Å². The Bertz CT molecular complexity index is 1590. The summed E-state index contributed by atoms with van der Waals surface area (Å²) >= 11 is 6.39. The van der Waals surface area contributed by atoms with E-state index in [2.05, 4.69) is 32.6 Å². The summed E-state index contributed by atoms with van der Waals surface area (Å²) < 4.78 is 11.0. The molecule has 14 nitrogen and oxygen atoms in total. The molecule has 3 amide bonds. The summed E-state index contributed by atoms with van der Waals surface area (Å²) in [4.78, 5) is 56.0. The highest BCUT2D eigenvalue weighted by Gasteiger charge is 2.61. The van der Waals surface area contributed by atoms with Crippen LogP contribution in [-0.4, -0.2) is 90.5 Å². The number of allylic oxidation sites excluding steroid dienone is 1. The van der Waals surface area contributed by atoms with Gasteiger partial charge in [0, 0.05) is 24.4 Å². The zero-order valence-electron chi connectivity index (χ0n) is 27.4. The van der Waals surface area contributed by atoms with Crippen LogP contribution in [0.3, 0.4) is 0 Å². The van der Waals surface area contributed by atoms with E-state index in [1.807, 2.05) is 12.2 Å². The Balaban J connectivity index is 1.43. The van der Waals surface area contributed by atoms with Gasteiger partial charge in [-0.3, -0.25) is 9.59 Å². The number of rotatable bonds is 7. The van der Waals surface area contributed by atoms with Crippen LogP contribution in [0.2, 0.25) is 5.02 Å². The van der Waals surface area contributed by atoms with Crippen LogP contribution in [0.1, 0.15) is 71.8 Å². The molecule has 1 aromatic carbocycles. The summed E-state index contributed by atoms with van der Waals surface area (Å²) in [5, 5.41) is 28.9. The maximum Gasteiger partial charge on any atom is 0.408 e. The molecule has 3 heterocycles. The van der Waals surface area contributed by atoms with Gasteiger partial charge in [-0.05, 0) is 69.9 Å². The number of carbonyl (C=O) groups excluding carboxylic acids is 3. The maximum absolute atomic E-state index is 14.2. The Morgan fingerprint density at radius 1 is 1.25 bits per heavy atom. The lowest BCUT2D eigenvalue weighted by molar-refractivity contribution is -0.145. The van der Waals surface area contributed by atoms with Crippen molar-refractivity contribution in [2.75, 3.05) is 13.2 Å². The van der Waals surface area contributed by atoms with Crippen LogP contribution in [0, 0.1) is 5.92 Å². The van der Waals surface area contributed by atoms with Crippen molar-refractivity contribution in [3.63, 3.8) is 0 Å². The van der Waals surface area contributed by atoms with Crippen LogP contribution in [0.4, 0.5) is 4.79 Å². The number of carbonyl (C=O) groups is 4. The first-order valence-electron chi connectivity index (χ1n) is 16.2. The lowest BCUT2D eigenvalue weighted by Gasteiger charge is -2.30. The van der Waals surface area contributed by atoms with Crippen LogP contribution in [0.5, 0.6) is 5.75 Å². The molecule has 1 saturated carbocycles. The number of hydrogen-bond acceptors (Lipinski definition) is 9. The van der Waals surface area contributed by atoms with Gasteiger partial charge in [0.25, 0.3) is 0 Å². The van der Waals surface area contributed by atoms with E-state index < -0.39 is 53.1 Å². The average Bonchev–Trinajstić information content (AvgIpc) is 3.32. The van der Waals surface area contributed by atoms with Gasteiger partial charge in [-0.2, -0.15) is 4.80 Å². The highest BCUT2D eigenvalue weighted by atomic mass is 35.5. The number of fused-ring (bicyclic) bond motifs is 2. The molecule has 2 aliphatic heterocycles. The molecule has 258 valence electrons. The van der Waals surface area contributed by atoms with E-state index in [-0.39, 0.29) is 37.7 Å². The third-order valence-electron chi connectivity index (χ3n) is 8.63. The Morgan fingerprint density at radius 3 is 2.75 bits per heavy atom. The molecule has 1 aromatic heterocycles. The number of aliphatic carboxylic acids is 1. The van der Waals surface area contributed by atoms with Crippen LogP contribution in [0.15, 0.2) is 43.0 Å². The van der Waals surface area contributed by atoms with Gasteiger partial charge in [-0.1, -0.05) is 49.2 Å². The second-order valence-electron chi connectivity index (χ2n) is 13.4. The molecule has 48 heavy (non-hydrogen) atoms. The predicted octanol–water partition coefficient (Wildman–Crippen LogP) is 4.07. The number of halogens is 1. The zero-order valence-corrected chi connectivity index (χ0v) is 28.1. The molecule has 5 atom stereocenters. The number of nitrogens with zero attached hydrogens (tertiary/aromatic N) is 5. The second kappa shape index (κ2) is 14.3. The smallest absolute Gasteiger partial charge is 0.408 e. The number of benzene rings is 1. The largest absolute Gasteiger partial charge is 0.488 e. The second-order valence-corrected chi connectivity index (χ2v) is 13.8. The fourth-order valence-electron chi connectivity index (χ4n) is 6.10. The predicted molar refractivity (Wildman–Crippen MR) is 175 cm³/mol. The number of aromatic nitrogens is 4. The number of nitrogens with one attached hydrogen (secondary N) is 2. The lowest BCUT2D eigenvalue weighted by Crippen LogP contribution is -2.56. The summed E-state index contributed by atoms with van der Waals surface area (Å²) in [6, 6.07) is 2.47. The SMILES string of the molecule is C=CCOc1ccc(-c2nnn([C@H]3C[C@H]4C(=O)N[C@@]5(C(=O)O)C[C@H]5C=CCCCCC[C@@H](NC(=O)OC(C)(C)C)C(=O)N4C3)n2)cc1Cl. The number of ether oxygens (including phenoxy) is 2. The molecular weight excluding hydrogens is 642 g/mol. The topological polar surface area (TPSA) is 178 Å². The van der Waals surface area contributed by atoms with Gasteiger partial charge in [-0.15, -0.1) is 10.2 Å². The third kappa shape index (κ3) is 7.97. The fraction of sp³-hybridized carbons (Fsp3) is 0.545. The summed E-state index contributed by atoms with van der Waals surface area (Å²) in [7, 11) is 0. The van der Waals surface area contributed by atoms with E-state index >= 15 is 0 Å². The minimum Gasteiger partial charge on any atom is -0.488 e. The number of carboxylic acids is 1. The highest BCUT2D eigenvalue weighted by molar-refractivity contribution is 6.32. The zero-order chi connectivity index (χ0) is 34.6. The minimum absolute atomic E-state index is 0.0255. The van der Waals surface area contributed by atoms with Crippen molar-refractivity contribution in [3.8, 4) is 17.1 Å². The van der Waals surface area contributed by atoms with Crippen molar-refractivity contribution in [2.24, 2.45) is 5.92 Å². The molecule has 2 fully saturated rings. The first-order chi connectivity index (χ1) is 22.8. The van der Waals surface area contributed by atoms with E-state index in [4.69, 9.17) is 21.1 Å². The molecule has 1 saturated heterocycles. The van der Waals surface area contributed by atoms with E-state index in [9.17, 15) is 24.3 Å². The Labute approximate surface area is 283 Å². The van der Waals surface area contributed by atoms with Gasteiger partial charge in [0.1, 0.15) is 35.6 Å². The van der Waals surface area contributed by atoms with Crippen molar-refractivity contribution < 1.29 is 33.8 Å². The Kier molecular flexibility index (Phi) is 10.4. The molecule has 3 aliphatic rings. The van der Waals surface area contributed by atoms with Gasteiger partial charge < -0.3 is 30.1 Å². The van der Waals surface area contributed by atoms with E-state index in [0.717, 1.165) is 19.3 Å². The number of alkyl carbamates (subject to hydrolysis) is 1. The standard InChI is InChI=1S/C33H42ClN7O7/c1-5-15-47-26-14-13-20(16-23(26)34)27-37-39-41(38-27)22-17-25-28(42)36-33(30(44)45)18-21(33)11-9-7-6-8-10-12-24(29(43)40(25)19-22)35-31(46)48-32(2,3)4/h5,9,11,13-14,16,21-22,24-25H,1,6-8,10,12,15,17-19H2,2-4H3,(H,35,46)(H,36,42)(H,44,45)/t21-,22+,24-,25+,33+/m1/s1. The highest BCUT2D eigenvalue weighted by Crippen LogP contribution is 2.45. The minimum atomic E-state index is -1.45. The first kappa shape index (κ1) is 34.9. The average molecular weight is 684 g/mol. The van der Waals surface area contributed by atoms with Crippen LogP contribution in [0.25, 0.3) is 11.4 Å². The summed E-state index contributed by atoms with van der Waals surface area (Å²) in [6.45, 7) is 9.13. The van der Waals surface area contributed by atoms with Gasteiger partial charge in [-0.25, -0.2) is 9.59 Å². The van der Waals surface area contributed by atoms with Crippen LogP contribution in [-0.2, 0) is 19.1 Å². The van der Waals surface area contributed by atoms with Crippen molar-refractivity contribution in [3.05, 3.63) is 48.0 Å². The van der Waals surface area contributed by atoms with Crippen molar-refractivity contribution in [1.82, 2.24) is 35.7 Å². The summed E-state index contributed by atoms with van der Waals surface area (Å²) in [6.07, 6.45) is 8.34. The maximum atomic E-state index is 14.2. The Hall–Kier alpha value is -4.46. The molecule has 0 spiro atoms. The molecule has 0 radical (unpaired) electrons. The number of carboxylic acid groups (broad SMARTS) is 1. The molecular formula is C33H42ClN7O7. The molecule has 5 rings (SSSR count). The van der Waals surface area contributed by atoms with Gasteiger partial charge in [0.2, 0.25) is 17.6 Å². The molecule has 0 unspecified atom stereocenters. The van der Waals surface area contributed by atoms with Crippen molar-refractivity contribution >= 4 is 35.5 Å². The van der Waals surface area contributed by atoms with E-state index in [0.29, 0.717) is 29.2 Å². The van der Waals surface area contributed by atoms with Crippen LogP contribution < -0.4 is 15.4 Å². The van der Waals surface area contributed by atoms with Gasteiger partial charge in [0.05, 0.1) is 11.1 Å². The third-order valence-corrected chi connectivity index (χ3v) is 8.93. The molecule has 15 heteroatoms. The summed E-state index contributed by atoms with van der Waals surface area (Å²) in [5.74, 6) is -1.82. The molecule has 3 N–H and O–H groups in total. The quantitative estimate of drug-likeness (QED) is 0.360. The monoisotopic (exact) mass is 683 g/mol. The van der Waals surface area contributed by atoms with E-state index in [1.165, 1.54) is 9.70 Å².